The summed E-state index contributed by atoms with van der Waals surface area (Å²) in [6.07, 6.45) is 3.87. The second kappa shape index (κ2) is 4.75. The Morgan fingerprint density at radius 2 is 2.33 bits per heavy atom. The standard InChI is InChI=1S/C9H18N2S/c1-4-5-6-8-7-12-9(10-8)11(2)3/h8H,4-7H2,1-3H3/t8-/m0/s1. The number of hydrogen-bond acceptors (Lipinski definition) is 3. The van der Waals surface area contributed by atoms with Crippen LogP contribution < -0.4 is 0 Å². The number of thioether (sulfide) groups is 1. The molecule has 2 nitrogen and oxygen atoms in total. The van der Waals surface area contributed by atoms with E-state index >= 15 is 0 Å². The highest BCUT2D eigenvalue weighted by atomic mass is 32.2. The van der Waals surface area contributed by atoms with E-state index in [9.17, 15) is 0 Å². The van der Waals surface area contributed by atoms with E-state index in [0.717, 1.165) is 0 Å². The molecule has 0 bridgehead atoms. The van der Waals surface area contributed by atoms with Gasteiger partial charge in [0, 0.05) is 19.8 Å². The van der Waals surface area contributed by atoms with E-state index in [2.05, 4.69) is 30.9 Å². The first-order chi connectivity index (χ1) is 5.74. The van der Waals surface area contributed by atoms with Crippen LogP contribution in [-0.2, 0) is 0 Å². The fraction of sp³-hybridized carbons (Fsp3) is 0.889. The highest BCUT2D eigenvalue weighted by Gasteiger charge is 2.18. The van der Waals surface area contributed by atoms with Crippen molar-refractivity contribution in [3.8, 4) is 0 Å². The molecular formula is C9H18N2S. The van der Waals surface area contributed by atoms with Gasteiger partial charge in [-0.05, 0) is 6.42 Å². The summed E-state index contributed by atoms with van der Waals surface area (Å²) in [5, 5.41) is 1.20. The van der Waals surface area contributed by atoms with Crippen LogP contribution in [0.15, 0.2) is 4.99 Å². The average molecular weight is 186 g/mol. The summed E-state index contributed by atoms with van der Waals surface area (Å²) in [6.45, 7) is 2.23. The number of nitrogens with zero attached hydrogens (tertiary/aromatic N) is 2. The Bertz CT molecular complexity index is 166. The van der Waals surface area contributed by atoms with Gasteiger partial charge in [0.25, 0.3) is 0 Å². The predicted octanol–water partition coefficient (Wildman–Crippen LogP) is 2.21. The maximum atomic E-state index is 4.63. The van der Waals surface area contributed by atoms with E-state index in [1.54, 1.807) is 0 Å². The van der Waals surface area contributed by atoms with E-state index in [1.807, 2.05) is 11.8 Å². The van der Waals surface area contributed by atoms with Crippen LogP contribution in [0.1, 0.15) is 26.2 Å². The van der Waals surface area contributed by atoms with Crippen LogP contribution in [0.2, 0.25) is 0 Å². The Morgan fingerprint density at radius 3 is 2.83 bits per heavy atom. The molecule has 1 aliphatic heterocycles. The minimum atomic E-state index is 0.590. The quantitative estimate of drug-likeness (QED) is 0.671. The molecular weight excluding hydrogens is 168 g/mol. The van der Waals surface area contributed by atoms with Crippen molar-refractivity contribution in [2.75, 3.05) is 19.8 Å². The highest BCUT2D eigenvalue weighted by Crippen LogP contribution is 2.22. The Morgan fingerprint density at radius 1 is 1.58 bits per heavy atom. The summed E-state index contributed by atoms with van der Waals surface area (Å²) >= 11 is 1.88. The third-order valence-corrected chi connectivity index (χ3v) is 3.25. The third kappa shape index (κ3) is 2.70. The smallest absolute Gasteiger partial charge is 0.159 e. The maximum absolute atomic E-state index is 4.63. The molecule has 3 heteroatoms. The van der Waals surface area contributed by atoms with Crippen LogP contribution in [0.3, 0.4) is 0 Å². The second-order valence-corrected chi connectivity index (χ2v) is 4.40. The van der Waals surface area contributed by atoms with Crippen LogP contribution in [0, 0.1) is 0 Å². The first-order valence-corrected chi connectivity index (χ1v) is 5.60. The van der Waals surface area contributed by atoms with Gasteiger partial charge < -0.3 is 4.90 Å². The number of rotatable bonds is 3. The second-order valence-electron chi connectivity index (χ2n) is 3.41. The van der Waals surface area contributed by atoms with E-state index < -0.39 is 0 Å². The van der Waals surface area contributed by atoms with Gasteiger partial charge in [0.05, 0.1) is 6.04 Å². The van der Waals surface area contributed by atoms with Gasteiger partial charge in [-0.1, -0.05) is 31.5 Å². The molecule has 0 aliphatic carbocycles. The summed E-state index contributed by atoms with van der Waals surface area (Å²) in [4.78, 5) is 6.74. The summed E-state index contributed by atoms with van der Waals surface area (Å²) in [6, 6.07) is 0.590. The lowest BCUT2D eigenvalue weighted by atomic mass is 10.1. The summed E-state index contributed by atoms with van der Waals surface area (Å²) in [7, 11) is 4.13. The molecule has 0 saturated heterocycles. The van der Waals surface area contributed by atoms with Crippen LogP contribution in [0.4, 0.5) is 0 Å². The van der Waals surface area contributed by atoms with Crippen molar-refractivity contribution < 1.29 is 0 Å². The topological polar surface area (TPSA) is 15.6 Å². The lowest BCUT2D eigenvalue weighted by molar-refractivity contribution is 0.602. The van der Waals surface area contributed by atoms with Crippen molar-refractivity contribution in [3.63, 3.8) is 0 Å². The molecule has 1 heterocycles. The Kier molecular flexibility index (Phi) is 3.92. The number of hydrogen-bond donors (Lipinski definition) is 0. The van der Waals surface area contributed by atoms with Crippen LogP contribution >= 0.6 is 11.8 Å². The van der Waals surface area contributed by atoms with Crippen LogP contribution in [0.25, 0.3) is 0 Å². The summed E-state index contributed by atoms with van der Waals surface area (Å²) in [5.74, 6) is 1.19. The van der Waals surface area contributed by atoms with Gasteiger partial charge in [0.2, 0.25) is 0 Å². The molecule has 0 radical (unpaired) electrons. The van der Waals surface area contributed by atoms with Gasteiger partial charge in [-0.25, -0.2) is 0 Å². The van der Waals surface area contributed by atoms with Gasteiger partial charge in [-0.3, -0.25) is 4.99 Å². The minimum absolute atomic E-state index is 0.590. The third-order valence-electron chi connectivity index (χ3n) is 1.97. The molecule has 70 valence electrons. The minimum Gasteiger partial charge on any atom is -0.358 e. The fourth-order valence-electron chi connectivity index (χ4n) is 1.23. The van der Waals surface area contributed by atoms with Crippen molar-refractivity contribution in [2.45, 2.75) is 32.2 Å². The molecule has 0 N–H and O–H groups in total. The Hall–Kier alpha value is -0.180. The normalized spacial score (nSPS) is 22.6. The lowest BCUT2D eigenvalue weighted by Crippen LogP contribution is -2.16. The highest BCUT2D eigenvalue weighted by molar-refractivity contribution is 8.14. The molecule has 0 aromatic rings. The van der Waals surface area contributed by atoms with E-state index in [0.29, 0.717) is 6.04 Å². The van der Waals surface area contributed by atoms with Gasteiger partial charge in [0.15, 0.2) is 5.17 Å². The predicted molar refractivity (Wildman–Crippen MR) is 56.9 cm³/mol. The molecule has 1 aliphatic rings. The summed E-state index contributed by atoms with van der Waals surface area (Å²) < 4.78 is 0. The van der Waals surface area contributed by atoms with Gasteiger partial charge in [-0.2, -0.15) is 0 Å². The zero-order chi connectivity index (χ0) is 8.97. The first kappa shape index (κ1) is 9.90. The Labute approximate surface area is 79.4 Å². The van der Waals surface area contributed by atoms with Gasteiger partial charge in [0.1, 0.15) is 0 Å². The average Bonchev–Trinajstić information content (AvgIpc) is 2.48. The molecule has 0 amide bonds. The maximum Gasteiger partial charge on any atom is 0.159 e. The molecule has 0 aromatic carbocycles. The lowest BCUT2D eigenvalue weighted by Gasteiger charge is -2.09. The number of aliphatic imine (C=N–C) groups is 1. The largest absolute Gasteiger partial charge is 0.358 e. The van der Waals surface area contributed by atoms with Gasteiger partial charge >= 0.3 is 0 Å². The number of amidine groups is 1. The van der Waals surface area contributed by atoms with Crippen molar-refractivity contribution >= 4 is 16.9 Å². The zero-order valence-electron chi connectivity index (χ0n) is 8.21. The molecule has 12 heavy (non-hydrogen) atoms. The van der Waals surface area contributed by atoms with Crippen LogP contribution in [-0.4, -0.2) is 36.0 Å². The Balaban J connectivity index is 2.31. The monoisotopic (exact) mass is 186 g/mol. The zero-order valence-corrected chi connectivity index (χ0v) is 9.02. The molecule has 1 rings (SSSR count). The molecule has 0 fully saturated rings. The van der Waals surface area contributed by atoms with Crippen molar-refractivity contribution in [2.24, 2.45) is 4.99 Å². The molecule has 0 unspecified atom stereocenters. The first-order valence-electron chi connectivity index (χ1n) is 4.62. The van der Waals surface area contributed by atoms with Gasteiger partial charge in [-0.15, -0.1) is 0 Å². The molecule has 0 saturated carbocycles. The van der Waals surface area contributed by atoms with Crippen molar-refractivity contribution in [1.82, 2.24) is 4.90 Å². The molecule has 0 aromatic heterocycles. The van der Waals surface area contributed by atoms with Crippen molar-refractivity contribution in [3.05, 3.63) is 0 Å². The molecule has 0 spiro atoms. The van der Waals surface area contributed by atoms with E-state index in [-0.39, 0.29) is 0 Å². The van der Waals surface area contributed by atoms with E-state index in [4.69, 9.17) is 0 Å². The SMILES string of the molecule is CCCC[C@H]1CSC(N(C)C)=N1. The fourth-order valence-corrected chi connectivity index (χ4v) is 2.30. The van der Waals surface area contributed by atoms with Crippen molar-refractivity contribution in [1.29, 1.82) is 0 Å². The summed E-state index contributed by atoms with van der Waals surface area (Å²) in [5.41, 5.74) is 0. The van der Waals surface area contributed by atoms with E-state index in [1.165, 1.54) is 30.2 Å². The molecule has 1 atom stereocenters. The number of unbranched alkanes of at least 4 members (excludes halogenated alkanes) is 1. The van der Waals surface area contributed by atoms with Crippen LogP contribution in [0.5, 0.6) is 0 Å².